The molecule has 1 saturated heterocycles. The van der Waals surface area contributed by atoms with Gasteiger partial charge in [0.25, 0.3) is 5.91 Å². The summed E-state index contributed by atoms with van der Waals surface area (Å²) in [6, 6.07) is 10.1. The van der Waals surface area contributed by atoms with Gasteiger partial charge in [0.15, 0.2) is 0 Å². The molecule has 128 valence electrons. The van der Waals surface area contributed by atoms with Crippen LogP contribution in [0.2, 0.25) is 0 Å². The molecule has 1 aliphatic heterocycles. The van der Waals surface area contributed by atoms with E-state index in [2.05, 4.69) is 9.88 Å². The number of aliphatic hydroxyl groups excluding tert-OH is 1. The van der Waals surface area contributed by atoms with Gasteiger partial charge in [0.1, 0.15) is 11.5 Å². The third-order valence-corrected chi connectivity index (χ3v) is 4.37. The van der Waals surface area contributed by atoms with E-state index < -0.39 is 6.10 Å². The molecule has 0 aliphatic carbocycles. The monoisotopic (exact) mass is 331 g/mol. The van der Waals surface area contributed by atoms with Gasteiger partial charge < -0.3 is 15.0 Å². The van der Waals surface area contributed by atoms with E-state index in [1.165, 1.54) is 17.0 Å². The first-order chi connectivity index (χ1) is 11.4. The quantitative estimate of drug-likeness (QED) is 0.903. The number of aromatic amines is 1. The maximum Gasteiger partial charge on any atom is 0.269 e. The van der Waals surface area contributed by atoms with Gasteiger partial charge in [-0.1, -0.05) is 12.1 Å². The summed E-state index contributed by atoms with van der Waals surface area (Å²) in [5, 5.41) is 10.0. The summed E-state index contributed by atoms with van der Waals surface area (Å²) in [6.07, 6.45) is 0.143. The maximum absolute atomic E-state index is 13.5. The highest BCUT2D eigenvalue weighted by molar-refractivity contribution is 5.92. The number of carbonyl (C=O) groups is 1. The summed E-state index contributed by atoms with van der Waals surface area (Å²) in [5.74, 6) is -0.350. The molecule has 2 unspecified atom stereocenters. The van der Waals surface area contributed by atoms with Gasteiger partial charge in [0.2, 0.25) is 0 Å². The molecule has 1 aromatic heterocycles. The molecule has 0 saturated carbocycles. The van der Waals surface area contributed by atoms with Crippen molar-refractivity contribution >= 4 is 5.91 Å². The fourth-order valence-corrected chi connectivity index (χ4v) is 3.23. The maximum atomic E-state index is 13.5. The average Bonchev–Trinajstić information content (AvgIpc) is 3.13. The zero-order valence-corrected chi connectivity index (χ0v) is 13.9. The Labute approximate surface area is 140 Å². The van der Waals surface area contributed by atoms with E-state index in [0.717, 1.165) is 11.3 Å². The van der Waals surface area contributed by atoms with Gasteiger partial charge in [-0.2, -0.15) is 0 Å². The van der Waals surface area contributed by atoms with Gasteiger partial charge in [-0.3, -0.25) is 9.69 Å². The molecule has 0 bridgehead atoms. The predicted octanol–water partition coefficient (Wildman–Crippen LogP) is 2.16. The van der Waals surface area contributed by atoms with Gasteiger partial charge in [0.05, 0.1) is 6.10 Å². The molecule has 1 fully saturated rings. The number of hydrogen-bond donors (Lipinski definition) is 2. The van der Waals surface area contributed by atoms with Crippen molar-refractivity contribution in [1.82, 2.24) is 14.8 Å². The number of nitrogens with one attached hydrogen (secondary N) is 1. The standard InChI is InChI=1S/C18H22FN3O2/c1-21(2)18(24)16-7-6-14(20-16)10-22-11-15(23)9-17(22)12-4-3-5-13(19)8-12/h3-8,15,17,20,23H,9-11H2,1-2H3. The molecule has 0 radical (unpaired) electrons. The lowest BCUT2D eigenvalue weighted by atomic mass is 10.0. The van der Waals surface area contributed by atoms with Crippen LogP contribution in [0.3, 0.4) is 0 Å². The highest BCUT2D eigenvalue weighted by atomic mass is 19.1. The van der Waals surface area contributed by atoms with Crippen LogP contribution in [0.25, 0.3) is 0 Å². The minimum Gasteiger partial charge on any atom is -0.392 e. The second-order valence-electron chi connectivity index (χ2n) is 6.49. The van der Waals surface area contributed by atoms with Crippen molar-refractivity contribution < 1.29 is 14.3 Å². The minimum atomic E-state index is -0.434. The number of likely N-dealkylation sites (tertiary alicyclic amines) is 1. The largest absolute Gasteiger partial charge is 0.392 e. The Morgan fingerprint density at radius 1 is 1.38 bits per heavy atom. The van der Waals surface area contributed by atoms with Crippen LogP contribution in [0.5, 0.6) is 0 Å². The SMILES string of the molecule is CN(C)C(=O)c1ccc(CN2CC(O)CC2c2cccc(F)c2)[nH]1. The molecule has 1 aliphatic rings. The molecule has 1 amide bonds. The molecule has 2 atom stereocenters. The molecule has 2 heterocycles. The molecule has 0 spiro atoms. The number of aromatic nitrogens is 1. The molecule has 2 N–H and O–H groups in total. The normalized spacial score (nSPS) is 21.2. The molecule has 24 heavy (non-hydrogen) atoms. The number of aliphatic hydroxyl groups is 1. The van der Waals surface area contributed by atoms with E-state index >= 15 is 0 Å². The van der Waals surface area contributed by atoms with E-state index in [9.17, 15) is 14.3 Å². The summed E-state index contributed by atoms with van der Waals surface area (Å²) >= 11 is 0. The molecule has 3 rings (SSSR count). The van der Waals surface area contributed by atoms with Gasteiger partial charge in [-0.05, 0) is 36.2 Å². The number of rotatable bonds is 4. The van der Waals surface area contributed by atoms with Gasteiger partial charge >= 0.3 is 0 Å². The number of amides is 1. The van der Waals surface area contributed by atoms with E-state index in [0.29, 0.717) is 25.2 Å². The number of H-pyrrole nitrogens is 1. The van der Waals surface area contributed by atoms with Crippen LogP contribution in [0, 0.1) is 5.82 Å². The lowest BCUT2D eigenvalue weighted by Gasteiger charge is -2.24. The second-order valence-corrected chi connectivity index (χ2v) is 6.49. The highest BCUT2D eigenvalue weighted by Gasteiger charge is 2.32. The van der Waals surface area contributed by atoms with Crippen molar-refractivity contribution in [2.45, 2.75) is 25.1 Å². The van der Waals surface area contributed by atoms with E-state index in [1.807, 2.05) is 12.1 Å². The van der Waals surface area contributed by atoms with Crippen molar-refractivity contribution in [2.75, 3.05) is 20.6 Å². The number of halogens is 1. The van der Waals surface area contributed by atoms with Crippen LogP contribution < -0.4 is 0 Å². The number of hydrogen-bond acceptors (Lipinski definition) is 3. The summed E-state index contributed by atoms with van der Waals surface area (Å²) in [7, 11) is 3.42. The van der Waals surface area contributed by atoms with Gasteiger partial charge in [-0.25, -0.2) is 4.39 Å². The first kappa shape index (κ1) is 16.7. The average molecular weight is 331 g/mol. The lowest BCUT2D eigenvalue weighted by Crippen LogP contribution is -2.25. The Bertz CT molecular complexity index is 729. The molecule has 2 aromatic rings. The van der Waals surface area contributed by atoms with Crippen LogP contribution in [0.15, 0.2) is 36.4 Å². The zero-order chi connectivity index (χ0) is 17.3. The van der Waals surface area contributed by atoms with Gasteiger partial charge in [0, 0.05) is 38.9 Å². The summed E-state index contributed by atoms with van der Waals surface area (Å²) < 4.78 is 13.5. The topological polar surface area (TPSA) is 59.6 Å². The van der Waals surface area contributed by atoms with Crippen LogP contribution >= 0.6 is 0 Å². The Balaban J connectivity index is 1.77. The van der Waals surface area contributed by atoms with Crippen LogP contribution in [0.4, 0.5) is 4.39 Å². The van der Waals surface area contributed by atoms with Crippen molar-refractivity contribution in [3.8, 4) is 0 Å². The first-order valence-corrected chi connectivity index (χ1v) is 8.01. The Hall–Kier alpha value is -2.18. The lowest BCUT2D eigenvalue weighted by molar-refractivity contribution is 0.0822. The van der Waals surface area contributed by atoms with Gasteiger partial charge in [-0.15, -0.1) is 0 Å². The van der Waals surface area contributed by atoms with Crippen LogP contribution in [-0.4, -0.2) is 52.5 Å². The number of nitrogens with zero attached hydrogens (tertiary/aromatic N) is 2. The number of benzene rings is 1. The minimum absolute atomic E-state index is 0.0352. The summed E-state index contributed by atoms with van der Waals surface area (Å²) in [5.41, 5.74) is 2.30. The van der Waals surface area contributed by atoms with Crippen molar-refractivity contribution in [2.24, 2.45) is 0 Å². The molecular weight excluding hydrogens is 309 g/mol. The summed E-state index contributed by atoms with van der Waals surface area (Å²) in [4.78, 5) is 18.7. The number of β-amino-alcohol motifs (C(OH)–C–C–N with tert-alkyl or cyclic N) is 1. The second kappa shape index (κ2) is 6.75. The van der Waals surface area contributed by atoms with Crippen molar-refractivity contribution in [3.63, 3.8) is 0 Å². The third-order valence-electron chi connectivity index (χ3n) is 4.37. The molecule has 1 aromatic carbocycles. The van der Waals surface area contributed by atoms with E-state index in [-0.39, 0.29) is 17.8 Å². The Morgan fingerprint density at radius 3 is 2.88 bits per heavy atom. The molecular formula is C18H22FN3O2. The molecule has 6 heteroatoms. The van der Waals surface area contributed by atoms with Crippen molar-refractivity contribution in [3.05, 3.63) is 59.2 Å². The fraction of sp³-hybridized carbons (Fsp3) is 0.389. The summed E-state index contributed by atoms with van der Waals surface area (Å²) in [6.45, 7) is 1.09. The Kier molecular flexibility index (Phi) is 4.69. The van der Waals surface area contributed by atoms with E-state index in [1.54, 1.807) is 26.2 Å². The third kappa shape index (κ3) is 3.49. The fourth-order valence-electron chi connectivity index (χ4n) is 3.23. The first-order valence-electron chi connectivity index (χ1n) is 8.01. The van der Waals surface area contributed by atoms with Crippen molar-refractivity contribution in [1.29, 1.82) is 0 Å². The Morgan fingerprint density at radius 2 is 2.17 bits per heavy atom. The highest BCUT2D eigenvalue weighted by Crippen LogP contribution is 2.33. The van der Waals surface area contributed by atoms with E-state index in [4.69, 9.17) is 0 Å². The smallest absolute Gasteiger partial charge is 0.269 e. The van der Waals surface area contributed by atoms with Crippen LogP contribution in [0.1, 0.15) is 34.2 Å². The molecule has 5 nitrogen and oxygen atoms in total. The number of carbonyl (C=O) groups excluding carboxylic acids is 1. The predicted molar refractivity (Wildman–Crippen MR) is 89.0 cm³/mol. The van der Waals surface area contributed by atoms with Crippen LogP contribution in [-0.2, 0) is 6.54 Å². The zero-order valence-electron chi connectivity index (χ0n) is 13.9.